The van der Waals surface area contributed by atoms with Crippen LogP contribution < -0.4 is 9.47 Å². The van der Waals surface area contributed by atoms with Crippen molar-refractivity contribution in [3.8, 4) is 11.8 Å². The van der Waals surface area contributed by atoms with Crippen molar-refractivity contribution in [1.82, 2.24) is 15.0 Å². The molecule has 0 bridgehead atoms. The topological polar surface area (TPSA) is 74.2 Å². The number of hydrogen-bond donors (Lipinski definition) is 0. The van der Waals surface area contributed by atoms with Gasteiger partial charge in [0, 0.05) is 6.20 Å². The highest BCUT2D eigenvalue weighted by molar-refractivity contribution is 6.07. The summed E-state index contributed by atoms with van der Waals surface area (Å²) in [7, 11) is 2.89. The van der Waals surface area contributed by atoms with E-state index in [0.29, 0.717) is 5.69 Å². The van der Waals surface area contributed by atoms with E-state index in [1.165, 1.54) is 20.4 Å². The number of ether oxygens (including phenoxy) is 2. The lowest BCUT2D eigenvalue weighted by Gasteiger charge is -2.07. The Morgan fingerprint density at radius 3 is 2.63 bits per heavy atom. The number of nitrogens with zero attached hydrogens (tertiary/aromatic N) is 3. The molecule has 0 aliphatic rings. The van der Waals surface area contributed by atoms with Gasteiger partial charge in [-0.1, -0.05) is 0 Å². The molecule has 0 atom stereocenters. The van der Waals surface area contributed by atoms with Gasteiger partial charge < -0.3 is 9.47 Å². The van der Waals surface area contributed by atoms with Crippen LogP contribution in [0.1, 0.15) is 21.7 Å². The second kappa shape index (κ2) is 5.43. The molecule has 98 valence electrons. The van der Waals surface area contributed by atoms with E-state index in [2.05, 4.69) is 15.0 Å². The third kappa shape index (κ3) is 2.67. The molecule has 2 rings (SSSR count). The Morgan fingerprint density at radius 2 is 2.00 bits per heavy atom. The normalized spacial score (nSPS) is 10.1. The van der Waals surface area contributed by atoms with Crippen LogP contribution in [0.2, 0.25) is 0 Å². The standard InChI is InChI=1S/C13H13N3O3/c1-8-4-5-14-9(6-8)12(17)11-13(19-3)16-10(18-2)7-15-11/h4-7H,1-3H3. The highest BCUT2D eigenvalue weighted by atomic mass is 16.5. The van der Waals surface area contributed by atoms with E-state index in [1.54, 1.807) is 12.3 Å². The second-order valence-corrected chi connectivity index (χ2v) is 3.82. The smallest absolute Gasteiger partial charge is 0.247 e. The summed E-state index contributed by atoms with van der Waals surface area (Å²) >= 11 is 0. The molecule has 0 aliphatic carbocycles. The number of ketones is 1. The number of methoxy groups -OCH3 is 2. The van der Waals surface area contributed by atoms with Crippen molar-refractivity contribution in [2.75, 3.05) is 14.2 Å². The maximum Gasteiger partial charge on any atom is 0.247 e. The summed E-state index contributed by atoms with van der Waals surface area (Å²) in [6.45, 7) is 1.88. The summed E-state index contributed by atoms with van der Waals surface area (Å²) in [6, 6.07) is 3.50. The maximum absolute atomic E-state index is 12.3. The molecule has 0 spiro atoms. The Balaban J connectivity index is 2.44. The van der Waals surface area contributed by atoms with Gasteiger partial charge >= 0.3 is 0 Å². The molecule has 0 N–H and O–H groups in total. The lowest BCUT2D eigenvalue weighted by molar-refractivity contribution is 0.102. The monoisotopic (exact) mass is 259 g/mol. The molecule has 2 heterocycles. The maximum atomic E-state index is 12.3. The molecule has 6 heteroatoms. The number of rotatable bonds is 4. The predicted molar refractivity (Wildman–Crippen MR) is 67.5 cm³/mol. The highest BCUT2D eigenvalue weighted by Crippen LogP contribution is 2.19. The third-order valence-electron chi connectivity index (χ3n) is 2.48. The Labute approximate surface area is 110 Å². The fourth-order valence-electron chi connectivity index (χ4n) is 1.53. The number of pyridine rings is 1. The van der Waals surface area contributed by atoms with Crippen molar-refractivity contribution < 1.29 is 14.3 Å². The SMILES string of the molecule is COc1cnc(C(=O)c2cc(C)ccn2)c(OC)n1. The quantitative estimate of drug-likeness (QED) is 0.773. The first kappa shape index (κ1) is 12.9. The van der Waals surface area contributed by atoms with Crippen LogP contribution in [0.15, 0.2) is 24.5 Å². The van der Waals surface area contributed by atoms with Gasteiger partial charge in [-0.3, -0.25) is 9.78 Å². The molecule has 2 aromatic heterocycles. The van der Waals surface area contributed by atoms with Gasteiger partial charge in [-0.2, -0.15) is 4.98 Å². The molecule has 0 fully saturated rings. The van der Waals surface area contributed by atoms with E-state index in [9.17, 15) is 4.79 Å². The van der Waals surface area contributed by atoms with Gasteiger partial charge in [-0.05, 0) is 24.6 Å². The Morgan fingerprint density at radius 1 is 1.21 bits per heavy atom. The van der Waals surface area contributed by atoms with Crippen molar-refractivity contribution in [2.45, 2.75) is 6.92 Å². The van der Waals surface area contributed by atoms with E-state index in [1.807, 2.05) is 13.0 Å². The average Bonchev–Trinajstić information content (AvgIpc) is 2.45. The average molecular weight is 259 g/mol. The van der Waals surface area contributed by atoms with Gasteiger partial charge in [0.2, 0.25) is 17.5 Å². The van der Waals surface area contributed by atoms with E-state index in [0.717, 1.165) is 5.56 Å². The molecule has 6 nitrogen and oxygen atoms in total. The van der Waals surface area contributed by atoms with Crippen LogP contribution in [-0.4, -0.2) is 35.0 Å². The number of carbonyl (C=O) groups excluding carboxylic acids is 1. The van der Waals surface area contributed by atoms with Crippen LogP contribution in [-0.2, 0) is 0 Å². The van der Waals surface area contributed by atoms with Crippen LogP contribution in [0.3, 0.4) is 0 Å². The van der Waals surface area contributed by atoms with Crippen LogP contribution in [0.25, 0.3) is 0 Å². The summed E-state index contributed by atoms with van der Waals surface area (Å²) in [6.07, 6.45) is 2.94. The fraction of sp³-hybridized carbons (Fsp3) is 0.231. The summed E-state index contributed by atoms with van der Waals surface area (Å²) in [5, 5.41) is 0. The van der Waals surface area contributed by atoms with E-state index in [-0.39, 0.29) is 23.2 Å². The molecule has 0 aromatic carbocycles. The van der Waals surface area contributed by atoms with E-state index < -0.39 is 0 Å². The van der Waals surface area contributed by atoms with Crippen LogP contribution in [0.4, 0.5) is 0 Å². The number of carbonyl (C=O) groups is 1. The summed E-state index contributed by atoms with van der Waals surface area (Å²) in [5.41, 5.74) is 1.36. The number of aromatic nitrogens is 3. The van der Waals surface area contributed by atoms with Crippen LogP contribution in [0.5, 0.6) is 11.8 Å². The minimum Gasteiger partial charge on any atom is -0.480 e. The zero-order chi connectivity index (χ0) is 13.8. The second-order valence-electron chi connectivity index (χ2n) is 3.82. The lowest BCUT2D eigenvalue weighted by Crippen LogP contribution is -2.10. The molecule has 0 aliphatic heterocycles. The Hall–Kier alpha value is -2.50. The van der Waals surface area contributed by atoms with E-state index >= 15 is 0 Å². The minimum absolute atomic E-state index is 0.112. The molecule has 0 amide bonds. The molecule has 0 saturated carbocycles. The molecular weight excluding hydrogens is 246 g/mol. The summed E-state index contributed by atoms with van der Waals surface area (Å²) in [5.74, 6) is 0.0639. The number of aryl methyl sites for hydroxylation is 1. The summed E-state index contributed by atoms with van der Waals surface area (Å²) < 4.78 is 9.99. The zero-order valence-corrected chi connectivity index (χ0v) is 10.9. The van der Waals surface area contributed by atoms with Crippen molar-refractivity contribution in [2.24, 2.45) is 0 Å². The van der Waals surface area contributed by atoms with Gasteiger partial charge in [0.1, 0.15) is 5.69 Å². The zero-order valence-electron chi connectivity index (χ0n) is 10.9. The molecule has 2 aromatic rings. The lowest BCUT2D eigenvalue weighted by atomic mass is 10.1. The van der Waals surface area contributed by atoms with E-state index in [4.69, 9.17) is 9.47 Å². The molecule has 0 saturated heterocycles. The van der Waals surface area contributed by atoms with Gasteiger partial charge in [-0.25, -0.2) is 4.98 Å². The van der Waals surface area contributed by atoms with Crippen molar-refractivity contribution in [1.29, 1.82) is 0 Å². The van der Waals surface area contributed by atoms with Crippen molar-refractivity contribution in [3.63, 3.8) is 0 Å². The first-order valence-electron chi connectivity index (χ1n) is 5.58. The largest absolute Gasteiger partial charge is 0.480 e. The minimum atomic E-state index is -0.337. The van der Waals surface area contributed by atoms with Gasteiger partial charge in [-0.15, -0.1) is 0 Å². The first-order chi connectivity index (χ1) is 9.15. The number of hydrogen-bond acceptors (Lipinski definition) is 6. The first-order valence-corrected chi connectivity index (χ1v) is 5.58. The highest BCUT2D eigenvalue weighted by Gasteiger charge is 2.19. The van der Waals surface area contributed by atoms with Gasteiger partial charge in [0.05, 0.1) is 20.4 Å². The Kier molecular flexibility index (Phi) is 3.70. The van der Waals surface area contributed by atoms with Crippen LogP contribution >= 0.6 is 0 Å². The van der Waals surface area contributed by atoms with Gasteiger partial charge in [0.25, 0.3) is 0 Å². The predicted octanol–water partition coefficient (Wildman–Crippen LogP) is 1.43. The van der Waals surface area contributed by atoms with Crippen molar-refractivity contribution in [3.05, 3.63) is 41.5 Å². The Bertz CT molecular complexity index is 614. The fourth-order valence-corrected chi connectivity index (χ4v) is 1.53. The molecule has 19 heavy (non-hydrogen) atoms. The van der Waals surface area contributed by atoms with Crippen molar-refractivity contribution >= 4 is 5.78 Å². The molecule has 0 radical (unpaired) electrons. The summed E-state index contributed by atoms with van der Waals surface area (Å²) in [4.78, 5) is 24.4. The molecular formula is C13H13N3O3. The molecule has 0 unspecified atom stereocenters. The van der Waals surface area contributed by atoms with Crippen LogP contribution in [0, 0.1) is 6.92 Å². The third-order valence-corrected chi connectivity index (χ3v) is 2.48. The van der Waals surface area contributed by atoms with Gasteiger partial charge in [0.15, 0.2) is 5.69 Å².